The predicted molar refractivity (Wildman–Crippen MR) is 89.1 cm³/mol. The number of carboxylic acids is 1. The molecule has 0 bridgehead atoms. The van der Waals surface area contributed by atoms with Gasteiger partial charge in [-0.1, -0.05) is 18.5 Å². The zero-order valence-corrected chi connectivity index (χ0v) is 14.2. The summed E-state index contributed by atoms with van der Waals surface area (Å²) in [5, 5.41) is 9.40. The van der Waals surface area contributed by atoms with Crippen molar-refractivity contribution in [3.8, 4) is 5.75 Å². The Hall–Kier alpha value is -1.30. The summed E-state index contributed by atoms with van der Waals surface area (Å²) >= 11 is 6.08. The van der Waals surface area contributed by atoms with Gasteiger partial charge in [-0.2, -0.15) is 0 Å². The van der Waals surface area contributed by atoms with Crippen molar-refractivity contribution in [3.63, 3.8) is 0 Å². The van der Waals surface area contributed by atoms with E-state index in [1.54, 1.807) is 12.1 Å². The third-order valence-electron chi connectivity index (χ3n) is 3.95. The average molecular weight is 342 g/mol. The lowest BCUT2D eigenvalue weighted by Crippen LogP contribution is -2.35. The number of ether oxygens (including phenoxy) is 2. The van der Waals surface area contributed by atoms with Gasteiger partial charge in [0.1, 0.15) is 5.75 Å². The largest absolute Gasteiger partial charge is 0.482 e. The fourth-order valence-corrected chi connectivity index (χ4v) is 2.93. The molecule has 0 saturated carbocycles. The van der Waals surface area contributed by atoms with E-state index < -0.39 is 5.97 Å². The lowest BCUT2D eigenvalue weighted by Gasteiger charge is -2.29. The number of carboxylic acid groups (broad SMARTS) is 1. The molecule has 0 unspecified atom stereocenters. The maximum Gasteiger partial charge on any atom is 0.341 e. The number of hydrogen-bond donors (Lipinski definition) is 1. The smallest absolute Gasteiger partial charge is 0.341 e. The van der Waals surface area contributed by atoms with E-state index >= 15 is 0 Å². The molecule has 1 fully saturated rings. The van der Waals surface area contributed by atoms with Crippen LogP contribution in [0.3, 0.4) is 0 Å². The summed E-state index contributed by atoms with van der Waals surface area (Å²) in [6, 6.07) is 5.28. The summed E-state index contributed by atoms with van der Waals surface area (Å²) in [4.78, 5) is 13.0. The number of rotatable bonds is 8. The Labute approximate surface area is 142 Å². The number of nitrogens with zero attached hydrogens (tertiary/aromatic N) is 1. The summed E-state index contributed by atoms with van der Waals surface area (Å²) in [5.41, 5.74) is 0.899. The zero-order valence-electron chi connectivity index (χ0n) is 13.5. The molecule has 0 aliphatic carbocycles. The van der Waals surface area contributed by atoms with Gasteiger partial charge in [0, 0.05) is 30.3 Å². The van der Waals surface area contributed by atoms with Gasteiger partial charge in [-0.3, -0.25) is 4.90 Å². The first-order valence-electron chi connectivity index (χ1n) is 8.05. The number of hydrogen-bond acceptors (Lipinski definition) is 4. The Kier molecular flexibility index (Phi) is 7.15. The minimum Gasteiger partial charge on any atom is -0.482 e. The maximum absolute atomic E-state index is 10.7. The van der Waals surface area contributed by atoms with Gasteiger partial charge in [-0.05, 0) is 44.0 Å². The number of likely N-dealkylation sites (N-methyl/N-ethyl adjacent to an activating group) is 1. The third-order valence-corrected chi connectivity index (χ3v) is 4.19. The molecule has 1 saturated heterocycles. The van der Waals surface area contributed by atoms with Gasteiger partial charge in [0.15, 0.2) is 6.61 Å². The van der Waals surface area contributed by atoms with Gasteiger partial charge in [-0.15, -0.1) is 0 Å². The van der Waals surface area contributed by atoms with Crippen molar-refractivity contribution in [1.29, 1.82) is 0 Å². The molecule has 0 radical (unpaired) electrons. The van der Waals surface area contributed by atoms with Crippen LogP contribution in [0.25, 0.3) is 0 Å². The van der Waals surface area contributed by atoms with Crippen LogP contribution in [0.2, 0.25) is 5.02 Å². The second-order valence-electron chi connectivity index (χ2n) is 5.75. The van der Waals surface area contributed by atoms with E-state index in [0.717, 1.165) is 38.1 Å². The van der Waals surface area contributed by atoms with Gasteiger partial charge in [0.25, 0.3) is 0 Å². The average Bonchev–Trinajstić information content (AvgIpc) is 2.54. The molecule has 6 heteroatoms. The molecular weight excluding hydrogens is 318 g/mol. The molecule has 1 N–H and O–H groups in total. The van der Waals surface area contributed by atoms with Crippen LogP contribution < -0.4 is 4.74 Å². The zero-order chi connectivity index (χ0) is 16.7. The molecule has 128 valence electrons. The molecule has 1 heterocycles. The molecule has 1 aromatic rings. The minimum atomic E-state index is -0.992. The highest BCUT2D eigenvalue weighted by molar-refractivity contribution is 6.30. The molecule has 0 spiro atoms. The topological polar surface area (TPSA) is 59.0 Å². The summed E-state index contributed by atoms with van der Waals surface area (Å²) in [7, 11) is 0. The number of benzene rings is 1. The van der Waals surface area contributed by atoms with Crippen molar-refractivity contribution < 1.29 is 19.4 Å². The van der Waals surface area contributed by atoms with Gasteiger partial charge in [0.2, 0.25) is 0 Å². The Morgan fingerprint density at radius 2 is 2.30 bits per heavy atom. The number of aliphatic carboxylic acids is 1. The fraction of sp³-hybridized carbons (Fsp3) is 0.588. The Morgan fingerprint density at radius 3 is 2.96 bits per heavy atom. The molecule has 0 aromatic heterocycles. The van der Waals surface area contributed by atoms with Crippen molar-refractivity contribution in [2.45, 2.75) is 38.8 Å². The van der Waals surface area contributed by atoms with E-state index in [0.29, 0.717) is 17.3 Å². The molecule has 1 atom stereocenters. The lowest BCUT2D eigenvalue weighted by molar-refractivity contribution is -0.139. The van der Waals surface area contributed by atoms with E-state index in [2.05, 4.69) is 11.8 Å². The van der Waals surface area contributed by atoms with Gasteiger partial charge < -0.3 is 14.6 Å². The van der Waals surface area contributed by atoms with Crippen molar-refractivity contribution in [2.75, 3.05) is 26.3 Å². The van der Waals surface area contributed by atoms with Crippen molar-refractivity contribution in [3.05, 3.63) is 28.8 Å². The van der Waals surface area contributed by atoms with Crippen LogP contribution in [0.5, 0.6) is 5.75 Å². The number of halogens is 1. The standard InChI is InChI=1S/C17H24ClNO4/c1-2-19(11-15-5-3-4-8-22-15)10-13-9-14(18)6-7-16(13)23-12-17(20)21/h6-7,9,15H,2-5,8,10-12H2,1H3,(H,20,21)/t15-/m0/s1. The predicted octanol–water partition coefficient (Wildman–Crippen LogP) is 3.19. The maximum atomic E-state index is 10.7. The van der Waals surface area contributed by atoms with Crippen LogP contribution in [0.4, 0.5) is 0 Å². The van der Waals surface area contributed by atoms with Gasteiger partial charge in [-0.25, -0.2) is 4.79 Å². The van der Waals surface area contributed by atoms with Crippen LogP contribution in [0, 0.1) is 0 Å². The minimum absolute atomic E-state index is 0.270. The normalized spacial score (nSPS) is 18.1. The van der Waals surface area contributed by atoms with Gasteiger partial charge in [0.05, 0.1) is 6.10 Å². The van der Waals surface area contributed by atoms with Gasteiger partial charge >= 0.3 is 5.97 Å². The Morgan fingerprint density at radius 1 is 1.48 bits per heavy atom. The van der Waals surface area contributed by atoms with Crippen molar-refractivity contribution in [2.24, 2.45) is 0 Å². The van der Waals surface area contributed by atoms with Crippen molar-refractivity contribution >= 4 is 17.6 Å². The molecule has 23 heavy (non-hydrogen) atoms. The second kappa shape index (κ2) is 9.11. The molecule has 1 aliphatic rings. The lowest BCUT2D eigenvalue weighted by atomic mass is 10.1. The van der Waals surface area contributed by atoms with E-state index in [1.807, 2.05) is 6.07 Å². The molecular formula is C17H24ClNO4. The summed E-state index contributed by atoms with van der Waals surface area (Å²) in [5.74, 6) is -0.423. The first-order chi connectivity index (χ1) is 11.1. The molecule has 1 aromatic carbocycles. The van der Waals surface area contributed by atoms with E-state index in [1.165, 1.54) is 6.42 Å². The molecule has 2 rings (SSSR count). The molecule has 1 aliphatic heterocycles. The fourth-order valence-electron chi connectivity index (χ4n) is 2.74. The summed E-state index contributed by atoms with van der Waals surface area (Å²) < 4.78 is 11.2. The van der Waals surface area contributed by atoms with E-state index in [4.69, 9.17) is 26.2 Å². The second-order valence-corrected chi connectivity index (χ2v) is 6.19. The Bertz CT molecular complexity index is 517. The quantitative estimate of drug-likeness (QED) is 0.787. The first kappa shape index (κ1) is 18.0. The van der Waals surface area contributed by atoms with E-state index in [-0.39, 0.29) is 12.7 Å². The highest BCUT2D eigenvalue weighted by Gasteiger charge is 2.18. The van der Waals surface area contributed by atoms with Crippen LogP contribution in [0.15, 0.2) is 18.2 Å². The van der Waals surface area contributed by atoms with Crippen LogP contribution in [-0.4, -0.2) is 48.4 Å². The van der Waals surface area contributed by atoms with Crippen LogP contribution in [0.1, 0.15) is 31.7 Å². The van der Waals surface area contributed by atoms with E-state index in [9.17, 15) is 4.79 Å². The highest BCUT2D eigenvalue weighted by atomic mass is 35.5. The SMILES string of the molecule is CCN(Cc1cc(Cl)ccc1OCC(=O)O)C[C@@H]1CCCCO1. The third kappa shape index (κ3) is 6.01. The molecule has 5 nitrogen and oxygen atoms in total. The Balaban J connectivity index is 2.02. The summed E-state index contributed by atoms with van der Waals surface area (Å²) in [6.45, 7) is 4.99. The number of carbonyl (C=O) groups is 1. The highest BCUT2D eigenvalue weighted by Crippen LogP contribution is 2.25. The molecule has 0 amide bonds. The van der Waals surface area contributed by atoms with Crippen LogP contribution >= 0.6 is 11.6 Å². The first-order valence-corrected chi connectivity index (χ1v) is 8.43. The summed E-state index contributed by atoms with van der Waals surface area (Å²) in [6.07, 6.45) is 3.72. The van der Waals surface area contributed by atoms with Crippen LogP contribution in [-0.2, 0) is 16.1 Å². The monoisotopic (exact) mass is 341 g/mol. The van der Waals surface area contributed by atoms with Crippen molar-refractivity contribution in [1.82, 2.24) is 4.90 Å².